The zero-order valence-electron chi connectivity index (χ0n) is 15.0. The maximum absolute atomic E-state index is 12.8. The summed E-state index contributed by atoms with van der Waals surface area (Å²) in [4.78, 5) is 17.2. The number of amides is 1. The Balaban J connectivity index is 1.89. The van der Waals surface area contributed by atoms with E-state index in [-0.39, 0.29) is 29.3 Å². The van der Waals surface area contributed by atoms with Crippen LogP contribution < -0.4 is 10.2 Å². The minimum absolute atomic E-state index is 0.0948. The van der Waals surface area contributed by atoms with E-state index in [0.29, 0.717) is 12.4 Å². The number of hydrogen-bond acceptors (Lipinski definition) is 3. The second kappa shape index (κ2) is 6.32. The molecule has 1 aromatic rings. The van der Waals surface area contributed by atoms with Crippen LogP contribution in [0.1, 0.15) is 39.2 Å². The minimum Gasteiger partial charge on any atom is -0.465 e. The molecule has 1 amide bonds. The Morgan fingerprint density at radius 2 is 1.92 bits per heavy atom. The number of fused-ring (bicyclic) bond motifs is 1. The fourth-order valence-electron chi connectivity index (χ4n) is 4.73. The number of rotatable bonds is 2. The van der Waals surface area contributed by atoms with Gasteiger partial charge in [-0.2, -0.15) is 13.2 Å². The van der Waals surface area contributed by atoms with E-state index in [9.17, 15) is 18.0 Å². The lowest BCUT2D eigenvalue weighted by molar-refractivity contribution is -0.137. The number of aromatic nitrogens is 1. The van der Waals surface area contributed by atoms with Gasteiger partial charge in [0.2, 0.25) is 0 Å². The molecule has 8 heteroatoms. The molecule has 0 spiro atoms. The number of hydrogen-bond donors (Lipinski definition) is 2. The summed E-state index contributed by atoms with van der Waals surface area (Å²) >= 11 is 0. The van der Waals surface area contributed by atoms with E-state index in [1.165, 1.54) is 6.07 Å². The smallest absolute Gasteiger partial charge is 0.417 e. The van der Waals surface area contributed by atoms with Crippen LogP contribution >= 0.6 is 0 Å². The van der Waals surface area contributed by atoms with Gasteiger partial charge >= 0.3 is 12.3 Å². The number of carboxylic acid groups (broad SMARTS) is 1. The Morgan fingerprint density at radius 3 is 2.42 bits per heavy atom. The Morgan fingerprint density at radius 1 is 1.23 bits per heavy atom. The molecule has 1 saturated heterocycles. The molecule has 2 N–H and O–H groups in total. The van der Waals surface area contributed by atoms with Gasteiger partial charge < -0.3 is 15.3 Å². The molecular formula is C18H24F3N3O2. The van der Waals surface area contributed by atoms with Crippen molar-refractivity contribution < 1.29 is 23.1 Å². The molecule has 2 aliphatic rings. The van der Waals surface area contributed by atoms with Crippen LogP contribution in [-0.4, -0.2) is 34.8 Å². The van der Waals surface area contributed by atoms with Crippen molar-refractivity contribution in [2.75, 3.05) is 11.4 Å². The van der Waals surface area contributed by atoms with E-state index in [1.807, 2.05) is 0 Å². The molecule has 5 nitrogen and oxygen atoms in total. The van der Waals surface area contributed by atoms with Crippen molar-refractivity contribution in [3.8, 4) is 0 Å². The Hall–Kier alpha value is -1.99. The van der Waals surface area contributed by atoms with Gasteiger partial charge in [0.25, 0.3) is 0 Å². The van der Waals surface area contributed by atoms with E-state index in [2.05, 4.69) is 36.0 Å². The fraction of sp³-hybridized carbons (Fsp3) is 0.667. The van der Waals surface area contributed by atoms with E-state index >= 15 is 0 Å². The van der Waals surface area contributed by atoms with Crippen LogP contribution in [-0.2, 0) is 6.18 Å². The van der Waals surface area contributed by atoms with Gasteiger partial charge in [-0.1, -0.05) is 20.8 Å². The van der Waals surface area contributed by atoms with Gasteiger partial charge in [0.1, 0.15) is 5.82 Å². The molecule has 3 rings (SSSR count). The Bertz CT molecular complexity index is 670. The summed E-state index contributed by atoms with van der Waals surface area (Å²) in [6.07, 6.45) is -2.88. The highest BCUT2D eigenvalue weighted by Crippen LogP contribution is 2.49. The summed E-state index contributed by atoms with van der Waals surface area (Å²) in [5.41, 5.74) is -0.875. The average molecular weight is 371 g/mol. The monoisotopic (exact) mass is 371 g/mol. The standard InChI is InChI=1S/C18H24F3N3O2/c1-17(2,3)15-11-5-6-13(23-16(25)26)12(11)9-24(15)14-7-4-10(8-22-14)18(19,20)21/h4,7-8,11-13,15,23H,5-6,9H2,1-3H3,(H,25,26)/t11-,12-,13-,15?/m0/s1. The Labute approximate surface area is 150 Å². The summed E-state index contributed by atoms with van der Waals surface area (Å²) in [6, 6.07) is 2.45. The third-order valence-electron chi connectivity index (χ3n) is 5.59. The number of halogens is 3. The van der Waals surface area contributed by atoms with Gasteiger partial charge in [-0.25, -0.2) is 9.78 Å². The van der Waals surface area contributed by atoms with Crippen LogP contribution in [0, 0.1) is 17.3 Å². The highest BCUT2D eigenvalue weighted by Gasteiger charge is 2.53. The van der Waals surface area contributed by atoms with Crippen molar-refractivity contribution >= 4 is 11.9 Å². The van der Waals surface area contributed by atoms with Crippen molar-refractivity contribution in [3.05, 3.63) is 23.9 Å². The number of alkyl halides is 3. The molecule has 0 radical (unpaired) electrons. The summed E-state index contributed by atoms with van der Waals surface area (Å²) in [5, 5.41) is 11.7. The maximum Gasteiger partial charge on any atom is 0.417 e. The highest BCUT2D eigenvalue weighted by molar-refractivity contribution is 5.65. The van der Waals surface area contributed by atoms with E-state index in [4.69, 9.17) is 5.11 Å². The molecule has 2 heterocycles. The first-order valence-corrected chi connectivity index (χ1v) is 8.78. The Kier molecular flexibility index (Phi) is 4.56. The van der Waals surface area contributed by atoms with Crippen LogP contribution in [0.5, 0.6) is 0 Å². The predicted molar refractivity (Wildman–Crippen MR) is 91.0 cm³/mol. The molecular weight excluding hydrogens is 347 g/mol. The van der Waals surface area contributed by atoms with Crippen molar-refractivity contribution in [2.45, 2.75) is 51.9 Å². The quantitative estimate of drug-likeness (QED) is 0.825. The first-order valence-electron chi connectivity index (χ1n) is 8.78. The van der Waals surface area contributed by atoms with Crippen LogP contribution in [0.2, 0.25) is 0 Å². The fourth-order valence-corrected chi connectivity index (χ4v) is 4.73. The van der Waals surface area contributed by atoms with Gasteiger partial charge in [0.05, 0.1) is 5.56 Å². The number of carbonyl (C=O) groups is 1. The molecule has 0 bridgehead atoms. The third-order valence-corrected chi connectivity index (χ3v) is 5.59. The van der Waals surface area contributed by atoms with Gasteiger partial charge in [-0.3, -0.25) is 0 Å². The zero-order valence-corrected chi connectivity index (χ0v) is 15.0. The second-order valence-corrected chi connectivity index (χ2v) is 8.33. The maximum atomic E-state index is 12.8. The number of anilines is 1. The first kappa shape index (κ1) is 18.8. The van der Waals surface area contributed by atoms with Gasteiger partial charge in [-0.15, -0.1) is 0 Å². The van der Waals surface area contributed by atoms with Gasteiger partial charge in [0, 0.05) is 30.7 Å². The second-order valence-electron chi connectivity index (χ2n) is 8.33. The molecule has 1 aromatic heterocycles. The van der Waals surface area contributed by atoms with E-state index in [1.54, 1.807) is 0 Å². The van der Waals surface area contributed by atoms with Crippen molar-refractivity contribution in [2.24, 2.45) is 17.3 Å². The van der Waals surface area contributed by atoms with Crippen LogP contribution in [0.15, 0.2) is 18.3 Å². The summed E-state index contributed by atoms with van der Waals surface area (Å²) in [5.74, 6) is 0.941. The molecule has 2 fully saturated rings. The number of nitrogens with zero attached hydrogens (tertiary/aromatic N) is 2. The predicted octanol–water partition coefficient (Wildman–Crippen LogP) is 4.00. The molecule has 144 valence electrons. The average Bonchev–Trinajstić information content (AvgIpc) is 3.05. The SMILES string of the molecule is CC(C)(C)C1[C@H]2CC[C@H](NC(=O)O)[C@H]2CN1c1ccc(C(F)(F)F)cn1. The normalized spacial score (nSPS) is 28.9. The molecule has 1 aliphatic carbocycles. The van der Waals surface area contributed by atoms with Crippen molar-refractivity contribution in [1.82, 2.24) is 10.3 Å². The van der Waals surface area contributed by atoms with Crippen molar-refractivity contribution in [3.63, 3.8) is 0 Å². The molecule has 1 saturated carbocycles. The molecule has 1 aliphatic heterocycles. The summed E-state index contributed by atoms with van der Waals surface area (Å²) in [6.45, 7) is 6.91. The number of nitrogens with one attached hydrogen (secondary N) is 1. The zero-order chi connectivity index (χ0) is 19.3. The lowest BCUT2D eigenvalue weighted by Crippen LogP contribution is -2.43. The highest BCUT2D eigenvalue weighted by atomic mass is 19.4. The molecule has 26 heavy (non-hydrogen) atoms. The van der Waals surface area contributed by atoms with E-state index in [0.717, 1.165) is 25.1 Å². The van der Waals surface area contributed by atoms with E-state index < -0.39 is 17.8 Å². The lowest BCUT2D eigenvalue weighted by Gasteiger charge is -2.39. The summed E-state index contributed by atoms with van der Waals surface area (Å²) < 4.78 is 38.4. The van der Waals surface area contributed by atoms with Crippen LogP contribution in [0.3, 0.4) is 0 Å². The molecule has 4 atom stereocenters. The van der Waals surface area contributed by atoms with Gasteiger partial charge in [0.15, 0.2) is 0 Å². The molecule has 1 unspecified atom stereocenters. The van der Waals surface area contributed by atoms with Gasteiger partial charge in [-0.05, 0) is 36.3 Å². The number of pyridine rings is 1. The van der Waals surface area contributed by atoms with Crippen molar-refractivity contribution in [1.29, 1.82) is 0 Å². The first-order chi connectivity index (χ1) is 12.0. The topological polar surface area (TPSA) is 65.5 Å². The van der Waals surface area contributed by atoms with Crippen LogP contribution in [0.4, 0.5) is 23.8 Å². The minimum atomic E-state index is -4.41. The largest absolute Gasteiger partial charge is 0.465 e. The van der Waals surface area contributed by atoms with Crippen LogP contribution in [0.25, 0.3) is 0 Å². The third kappa shape index (κ3) is 3.46. The molecule has 0 aromatic carbocycles. The summed E-state index contributed by atoms with van der Waals surface area (Å²) in [7, 11) is 0. The lowest BCUT2D eigenvalue weighted by atomic mass is 9.77.